The Morgan fingerprint density at radius 3 is 2.50 bits per heavy atom. The second-order valence-electron chi connectivity index (χ2n) is 7.80. The molecule has 9 nitrogen and oxygen atoms in total. The first-order chi connectivity index (χ1) is 15.1. The first-order valence-electron chi connectivity index (χ1n) is 9.94. The third kappa shape index (κ3) is 5.31. The second kappa shape index (κ2) is 9.48. The fraction of sp³-hybridized carbons (Fsp3) is 0.318. The molecule has 2 aromatic carbocycles. The normalized spacial score (nSPS) is 19.8. The van der Waals surface area contributed by atoms with Crippen LogP contribution < -0.4 is 11.1 Å². The van der Waals surface area contributed by atoms with E-state index in [-0.39, 0.29) is 19.4 Å². The van der Waals surface area contributed by atoms with E-state index in [1.807, 2.05) is 12.1 Å². The van der Waals surface area contributed by atoms with Crippen LogP contribution in [0.5, 0.6) is 0 Å². The van der Waals surface area contributed by atoms with Crippen LogP contribution in [0.15, 0.2) is 48.5 Å². The van der Waals surface area contributed by atoms with Gasteiger partial charge in [-0.1, -0.05) is 42.5 Å². The molecule has 1 fully saturated rings. The van der Waals surface area contributed by atoms with Crippen LogP contribution in [-0.4, -0.2) is 60.6 Å². The van der Waals surface area contributed by atoms with Crippen molar-refractivity contribution in [3.8, 4) is 17.2 Å². The third-order valence-corrected chi connectivity index (χ3v) is 6.64. The summed E-state index contributed by atoms with van der Waals surface area (Å²) in [4.78, 5) is 24.5. The lowest BCUT2D eigenvalue weighted by Gasteiger charge is -2.23. The number of carboxylic acid groups (broad SMARTS) is 1. The van der Waals surface area contributed by atoms with Crippen LogP contribution in [0.2, 0.25) is 0 Å². The number of hydrogen-bond acceptors (Lipinski definition) is 6. The largest absolute Gasteiger partial charge is 0.480 e. The van der Waals surface area contributed by atoms with Crippen LogP contribution in [0.1, 0.15) is 17.5 Å². The van der Waals surface area contributed by atoms with Crippen molar-refractivity contribution in [2.24, 2.45) is 5.73 Å². The average Bonchev–Trinajstić information content (AvgIpc) is 3.16. The van der Waals surface area contributed by atoms with Crippen molar-refractivity contribution in [1.82, 2.24) is 9.62 Å². The summed E-state index contributed by atoms with van der Waals surface area (Å²) in [7, 11) is -3.66. The highest BCUT2D eigenvalue weighted by Gasteiger charge is 2.41. The number of aliphatic carboxylic acids is 1. The van der Waals surface area contributed by atoms with E-state index in [0.29, 0.717) is 11.1 Å². The molecule has 1 saturated heterocycles. The van der Waals surface area contributed by atoms with Gasteiger partial charge in [-0.2, -0.15) is 9.57 Å². The van der Waals surface area contributed by atoms with Crippen LogP contribution in [0.3, 0.4) is 0 Å². The summed E-state index contributed by atoms with van der Waals surface area (Å²) < 4.78 is 24.9. The Bertz CT molecular complexity index is 1160. The molecule has 3 rings (SSSR count). The van der Waals surface area contributed by atoms with Crippen LogP contribution in [0, 0.1) is 11.3 Å². The van der Waals surface area contributed by atoms with E-state index in [1.165, 1.54) is 0 Å². The number of rotatable bonds is 7. The maximum Gasteiger partial charge on any atom is 0.326 e. The molecule has 4 N–H and O–H groups in total. The quantitative estimate of drug-likeness (QED) is 0.554. The molecule has 1 aliphatic heterocycles. The minimum atomic E-state index is -3.66. The van der Waals surface area contributed by atoms with Crippen molar-refractivity contribution in [3.63, 3.8) is 0 Å². The Kier molecular flexibility index (Phi) is 6.93. The zero-order chi connectivity index (χ0) is 23.5. The van der Waals surface area contributed by atoms with Crippen LogP contribution in [0.4, 0.5) is 0 Å². The van der Waals surface area contributed by atoms with E-state index in [1.54, 1.807) is 36.4 Å². The van der Waals surface area contributed by atoms with Gasteiger partial charge in [0.25, 0.3) is 0 Å². The molecular weight excluding hydrogens is 432 g/mol. The van der Waals surface area contributed by atoms with Crippen molar-refractivity contribution in [2.45, 2.75) is 31.0 Å². The molecule has 2 unspecified atom stereocenters. The Morgan fingerprint density at radius 2 is 1.91 bits per heavy atom. The van der Waals surface area contributed by atoms with Crippen LogP contribution >= 0.6 is 0 Å². The highest BCUT2D eigenvalue weighted by molar-refractivity contribution is 7.88. The van der Waals surface area contributed by atoms with E-state index in [9.17, 15) is 28.4 Å². The molecule has 1 amide bonds. The number of benzene rings is 2. The number of nitrogens with one attached hydrogen (secondary N) is 1. The summed E-state index contributed by atoms with van der Waals surface area (Å²) in [6, 6.07) is 13.6. The fourth-order valence-corrected chi connectivity index (χ4v) is 4.90. The average molecular weight is 457 g/mol. The van der Waals surface area contributed by atoms with Crippen LogP contribution in [0.25, 0.3) is 11.1 Å². The second-order valence-corrected chi connectivity index (χ2v) is 9.74. The summed E-state index contributed by atoms with van der Waals surface area (Å²) in [6.07, 6.45) is 1.13. The minimum absolute atomic E-state index is 0.0128. The number of nitriles is 1. The van der Waals surface area contributed by atoms with Crippen molar-refractivity contribution >= 4 is 21.9 Å². The van der Waals surface area contributed by atoms with Crippen molar-refractivity contribution in [1.29, 1.82) is 5.26 Å². The van der Waals surface area contributed by atoms with Gasteiger partial charge >= 0.3 is 5.97 Å². The summed E-state index contributed by atoms with van der Waals surface area (Å²) in [5.41, 5.74) is 8.60. The standard InChI is InChI=1S/C22H24N4O5S/c1-32(30,31)26-13-17(24)11-20(26)21(27)25-19(22(28)29)10-14-6-8-15(9-7-14)18-5-3-2-4-16(18)12-23/h2-9,17,19-20H,10-11,13,24H2,1H3,(H,25,27)(H,28,29)/t17-,19?,20?/m1/s1. The van der Waals surface area contributed by atoms with Crippen molar-refractivity contribution in [2.75, 3.05) is 12.8 Å². The summed E-state index contributed by atoms with van der Waals surface area (Å²) in [6.45, 7) is 0.0142. The van der Waals surface area contributed by atoms with Gasteiger partial charge < -0.3 is 16.2 Å². The predicted octanol–water partition coefficient (Wildman–Crippen LogP) is 0.698. The molecule has 0 spiro atoms. The Morgan fingerprint density at radius 1 is 1.25 bits per heavy atom. The molecule has 1 heterocycles. The molecule has 168 valence electrons. The molecule has 0 aromatic heterocycles. The SMILES string of the molecule is CS(=O)(=O)N1C[C@H](N)CC1C(=O)NC(Cc1ccc(-c2ccccc2C#N)cc1)C(=O)O. The number of nitrogens with zero attached hydrogens (tertiary/aromatic N) is 2. The molecule has 32 heavy (non-hydrogen) atoms. The monoisotopic (exact) mass is 456 g/mol. The molecule has 10 heteroatoms. The minimum Gasteiger partial charge on any atom is -0.480 e. The number of hydrogen-bond donors (Lipinski definition) is 3. The number of carbonyl (C=O) groups excluding carboxylic acids is 1. The third-order valence-electron chi connectivity index (χ3n) is 5.38. The molecule has 3 atom stereocenters. The van der Waals surface area contributed by atoms with Gasteiger partial charge in [0.05, 0.1) is 17.9 Å². The van der Waals surface area contributed by atoms with Gasteiger partial charge in [0.2, 0.25) is 15.9 Å². The number of carbonyl (C=O) groups is 2. The Balaban J connectivity index is 1.74. The molecule has 1 aliphatic rings. The Labute approximate surface area is 186 Å². The van der Waals surface area contributed by atoms with Gasteiger partial charge in [-0.15, -0.1) is 0 Å². The lowest BCUT2D eigenvalue weighted by atomic mass is 9.97. The lowest BCUT2D eigenvalue weighted by molar-refractivity contribution is -0.142. The van der Waals surface area contributed by atoms with Crippen LogP contribution in [-0.2, 0) is 26.0 Å². The maximum absolute atomic E-state index is 12.7. The topological polar surface area (TPSA) is 154 Å². The van der Waals surface area contributed by atoms with E-state index in [2.05, 4.69) is 11.4 Å². The van der Waals surface area contributed by atoms with Gasteiger partial charge in [-0.3, -0.25) is 4.79 Å². The molecule has 0 saturated carbocycles. The number of nitrogens with two attached hydrogens (primary N) is 1. The molecule has 0 aliphatic carbocycles. The number of amides is 1. The first kappa shape index (κ1) is 23.4. The zero-order valence-corrected chi connectivity index (χ0v) is 18.2. The van der Waals surface area contributed by atoms with E-state index >= 15 is 0 Å². The molecular formula is C22H24N4O5S. The van der Waals surface area contributed by atoms with E-state index < -0.39 is 40.0 Å². The lowest BCUT2D eigenvalue weighted by Crippen LogP contribution is -2.51. The van der Waals surface area contributed by atoms with Gasteiger partial charge in [-0.05, 0) is 29.2 Å². The van der Waals surface area contributed by atoms with Gasteiger partial charge in [0.1, 0.15) is 12.1 Å². The zero-order valence-electron chi connectivity index (χ0n) is 17.4. The van der Waals surface area contributed by atoms with E-state index in [0.717, 1.165) is 21.7 Å². The molecule has 0 bridgehead atoms. The summed E-state index contributed by atoms with van der Waals surface area (Å²) in [5.74, 6) is -1.92. The molecule has 2 aromatic rings. The summed E-state index contributed by atoms with van der Waals surface area (Å²) >= 11 is 0. The smallest absolute Gasteiger partial charge is 0.326 e. The maximum atomic E-state index is 12.7. The van der Waals surface area contributed by atoms with Gasteiger partial charge in [-0.25, -0.2) is 13.2 Å². The highest BCUT2D eigenvalue weighted by Crippen LogP contribution is 2.24. The fourth-order valence-electron chi connectivity index (χ4n) is 3.80. The van der Waals surface area contributed by atoms with Crippen molar-refractivity contribution < 1.29 is 23.1 Å². The van der Waals surface area contributed by atoms with Gasteiger partial charge in [0.15, 0.2) is 0 Å². The molecule has 0 radical (unpaired) electrons. The summed E-state index contributed by atoms with van der Waals surface area (Å²) in [5, 5.41) is 21.3. The predicted molar refractivity (Wildman–Crippen MR) is 118 cm³/mol. The Hall–Kier alpha value is -3.26. The first-order valence-corrected chi connectivity index (χ1v) is 11.8. The number of sulfonamides is 1. The number of carboxylic acids is 1. The van der Waals surface area contributed by atoms with Crippen molar-refractivity contribution in [3.05, 3.63) is 59.7 Å². The highest BCUT2D eigenvalue weighted by atomic mass is 32.2. The van der Waals surface area contributed by atoms with Gasteiger partial charge in [0, 0.05) is 19.0 Å². The van der Waals surface area contributed by atoms with E-state index in [4.69, 9.17) is 5.73 Å².